The van der Waals surface area contributed by atoms with Crippen molar-refractivity contribution in [3.05, 3.63) is 47.8 Å². The largest absolute Gasteiger partial charge is 0.406 e. The molecular weight excluding hydrogens is 423 g/mol. The molecule has 1 fully saturated rings. The highest BCUT2D eigenvalue weighted by molar-refractivity contribution is 5.91. The van der Waals surface area contributed by atoms with Crippen LogP contribution in [0.1, 0.15) is 17.7 Å². The smallest absolute Gasteiger partial charge is 0.382 e. The van der Waals surface area contributed by atoms with Gasteiger partial charge in [-0.1, -0.05) is 24.0 Å². The molecule has 4 rings (SSSR count). The summed E-state index contributed by atoms with van der Waals surface area (Å²) in [6.07, 6.45) is -3.16. The maximum Gasteiger partial charge on any atom is 0.406 e. The molecule has 10 heteroatoms. The van der Waals surface area contributed by atoms with Gasteiger partial charge in [0.25, 0.3) is 5.91 Å². The molecule has 0 unspecified atom stereocenters. The topological polar surface area (TPSA) is 105 Å². The number of pyridine rings is 1. The summed E-state index contributed by atoms with van der Waals surface area (Å²) in [4.78, 5) is 25.8. The predicted octanol–water partition coefficient (Wildman–Crippen LogP) is 2.46. The van der Waals surface area contributed by atoms with Gasteiger partial charge in [-0.05, 0) is 25.1 Å². The Bertz CT molecular complexity index is 1280. The van der Waals surface area contributed by atoms with Gasteiger partial charge in [0.1, 0.15) is 17.9 Å². The van der Waals surface area contributed by atoms with E-state index >= 15 is 0 Å². The maximum atomic E-state index is 12.6. The lowest BCUT2D eigenvalue weighted by atomic mass is 10.0. The van der Waals surface area contributed by atoms with E-state index in [0.29, 0.717) is 33.1 Å². The summed E-state index contributed by atoms with van der Waals surface area (Å²) in [5.41, 5.74) is 6.08. The van der Waals surface area contributed by atoms with E-state index in [9.17, 15) is 23.1 Å². The van der Waals surface area contributed by atoms with E-state index in [1.807, 2.05) is 6.92 Å². The van der Waals surface area contributed by atoms with Gasteiger partial charge in [-0.2, -0.15) is 13.2 Å². The average molecular weight is 441 g/mol. The highest BCUT2D eigenvalue weighted by Crippen LogP contribution is 2.27. The van der Waals surface area contributed by atoms with Crippen LogP contribution in [0.15, 0.2) is 36.5 Å². The molecule has 0 saturated carbocycles. The molecule has 1 aliphatic heterocycles. The quantitative estimate of drug-likeness (QED) is 0.592. The zero-order valence-electron chi connectivity index (χ0n) is 16.9. The summed E-state index contributed by atoms with van der Waals surface area (Å²) in [5, 5.41) is 11.3. The Morgan fingerprint density at radius 1 is 1.28 bits per heavy atom. The number of nitrogen functional groups attached to an aromatic ring is 1. The highest BCUT2D eigenvalue weighted by Gasteiger charge is 2.47. The number of alkyl halides is 3. The Labute approximate surface area is 181 Å². The summed E-state index contributed by atoms with van der Waals surface area (Å²) in [6, 6.07) is 8.55. The monoisotopic (exact) mass is 441 g/mol. The van der Waals surface area contributed by atoms with Crippen LogP contribution in [0.2, 0.25) is 0 Å². The number of hydrogen-bond donors (Lipinski definition) is 2. The Balaban J connectivity index is 1.63. The number of nitrogens with zero attached hydrogens (tertiary/aromatic N) is 4. The van der Waals surface area contributed by atoms with E-state index in [1.165, 1.54) is 0 Å². The number of likely N-dealkylation sites (tertiary alicyclic amines) is 1. The first-order valence-electron chi connectivity index (χ1n) is 9.67. The van der Waals surface area contributed by atoms with Crippen molar-refractivity contribution < 1.29 is 23.1 Å². The van der Waals surface area contributed by atoms with Crippen molar-refractivity contribution in [1.29, 1.82) is 0 Å². The van der Waals surface area contributed by atoms with Crippen molar-refractivity contribution in [1.82, 2.24) is 19.9 Å². The van der Waals surface area contributed by atoms with Gasteiger partial charge in [-0.15, -0.1) is 0 Å². The van der Waals surface area contributed by atoms with Gasteiger partial charge in [-0.3, -0.25) is 4.79 Å². The molecule has 0 aliphatic carbocycles. The number of hydrogen-bond acceptors (Lipinski definition) is 6. The SMILES string of the molecule is Cc1nc(-c2cccc(C#C[C@]3(O)CCN(CC(F)(F)F)C3=O)c2)nc2c(N)nccc12. The molecule has 0 spiro atoms. The van der Waals surface area contributed by atoms with Crippen molar-refractivity contribution in [3.8, 4) is 23.2 Å². The van der Waals surface area contributed by atoms with Crippen molar-refractivity contribution in [2.45, 2.75) is 25.1 Å². The van der Waals surface area contributed by atoms with Crippen LogP contribution in [0.4, 0.5) is 19.0 Å². The number of halogens is 3. The number of amides is 1. The van der Waals surface area contributed by atoms with E-state index in [2.05, 4.69) is 26.8 Å². The lowest BCUT2D eigenvalue weighted by Gasteiger charge is -2.19. The Kier molecular flexibility index (Phi) is 5.22. The molecular formula is C22H18F3N5O2. The van der Waals surface area contributed by atoms with Gasteiger partial charge in [0, 0.05) is 41.4 Å². The van der Waals surface area contributed by atoms with Crippen LogP contribution in [0.3, 0.4) is 0 Å². The molecule has 0 radical (unpaired) electrons. The van der Waals surface area contributed by atoms with Crippen LogP contribution in [0.25, 0.3) is 22.3 Å². The standard InChI is InChI=1S/C22H18F3N5O2/c1-13-16-6-9-27-18(26)17(16)29-19(28-13)15-4-2-3-14(11-15)5-7-21(32)8-10-30(20(21)31)12-22(23,24)25/h2-4,6,9,11,32H,8,10,12H2,1H3,(H2,26,27)/t21-/m0/s1. The third kappa shape index (κ3) is 4.20. The minimum absolute atomic E-state index is 0.201. The van der Waals surface area contributed by atoms with Gasteiger partial charge >= 0.3 is 6.18 Å². The van der Waals surface area contributed by atoms with Gasteiger partial charge in [0.2, 0.25) is 5.60 Å². The fourth-order valence-electron chi connectivity index (χ4n) is 3.52. The molecule has 0 bridgehead atoms. The Morgan fingerprint density at radius 3 is 2.81 bits per heavy atom. The summed E-state index contributed by atoms with van der Waals surface area (Å²) >= 11 is 0. The van der Waals surface area contributed by atoms with Crippen LogP contribution in [-0.2, 0) is 4.79 Å². The number of anilines is 1. The summed E-state index contributed by atoms with van der Waals surface area (Å²) in [6.45, 7) is 0.190. The number of rotatable bonds is 2. The molecule has 3 N–H and O–H groups in total. The van der Waals surface area contributed by atoms with Crippen molar-refractivity contribution in [2.75, 3.05) is 18.8 Å². The highest BCUT2D eigenvalue weighted by atomic mass is 19.4. The number of fused-ring (bicyclic) bond motifs is 1. The Hall–Kier alpha value is -3.71. The summed E-state index contributed by atoms with van der Waals surface area (Å²) < 4.78 is 37.8. The summed E-state index contributed by atoms with van der Waals surface area (Å²) in [7, 11) is 0. The third-order valence-corrected chi connectivity index (χ3v) is 5.12. The first-order chi connectivity index (χ1) is 15.1. The number of aromatic nitrogens is 3. The average Bonchev–Trinajstić information content (AvgIpc) is 3.01. The normalized spacial score (nSPS) is 18.7. The van der Waals surface area contributed by atoms with E-state index in [4.69, 9.17) is 5.73 Å². The molecule has 1 aliphatic rings. The van der Waals surface area contributed by atoms with Crippen molar-refractivity contribution in [3.63, 3.8) is 0 Å². The number of aliphatic hydroxyl groups is 1. The second-order valence-corrected chi connectivity index (χ2v) is 7.51. The van der Waals surface area contributed by atoms with Gasteiger partial charge in [0.15, 0.2) is 5.82 Å². The Morgan fingerprint density at radius 2 is 2.06 bits per heavy atom. The first-order valence-corrected chi connectivity index (χ1v) is 9.67. The molecule has 7 nitrogen and oxygen atoms in total. The van der Waals surface area contributed by atoms with Crippen molar-refractivity contribution in [2.24, 2.45) is 0 Å². The fraction of sp³-hybridized carbons (Fsp3) is 0.273. The zero-order chi connectivity index (χ0) is 23.1. The van der Waals surface area contributed by atoms with Gasteiger partial charge in [-0.25, -0.2) is 15.0 Å². The van der Waals surface area contributed by atoms with Gasteiger partial charge < -0.3 is 15.7 Å². The van der Waals surface area contributed by atoms with E-state index in [0.717, 1.165) is 5.39 Å². The minimum atomic E-state index is -4.54. The number of benzene rings is 1. The predicted molar refractivity (Wildman–Crippen MR) is 111 cm³/mol. The van der Waals surface area contributed by atoms with E-state index in [1.54, 1.807) is 36.5 Å². The second-order valence-electron chi connectivity index (χ2n) is 7.51. The maximum absolute atomic E-state index is 12.6. The first kappa shape index (κ1) is 21.5. The van der Waals surface area contributed by atoms with E-state index in [-0.39, 0.29) is 18.8 Å². The number of nitrogens with two attached hydrogens (primary N) is 1. The van der Waals surface area contributed by atoms with Crippen molar-refractivity contribution >= 4 is 22.6 Å². The number of carbonyl (C=O) groups is 1. The van der Waals surface area contributed by atoms with E-state index < -0.39 is 24.2 Å². The molecule has 1 atom stereocenters. The lowest BCUT2D eigenvalue weighted by molar-refractivity contribution is -0.162. The molecule has 1 amide bonds. The van der Waals surface area contributed by atoms with Crippen LogP contribution in [0.5, 0.6) is 0 Å². The second kappa shape index (κ2) is 7.76. The summed E-state index contributed by atoms with van der Waals surface area (Å²) in [5.74, 6) is 4.76. The lowest BCUT2D eigenvalue weighted by Crippen LogP contribution is -2.42. The van der Waals surface area contributed by atoms with Gasteiger partial charge in [0.05, 0.1) is 0 Å². The van der Waals surface area contributed by atoms with Crippen LogP contribution in [-0.4, -0.2) is 55.7 Å². The zero-order valence-corrected chi connectivity index (χ0v) is 16.9. The molecule has 164 valence electrons. The molecule has 2 aromatic heterocycles. The third-order valence-electron chi connectivity index (χ3n) is 5.12. The number of aryl methyl sites for hydroxylation is 1. The minimum Gasteiger partial charge on any atom is -0.382 e. The molecule has 3 heterocycles. The number of carbonyl (C=O) groups excluding carboxylic acids is 1. The van der Waals surface area contributed by atoms with Crippen LogP contribution in [0, 0.1) is 18.8 Å². The molecule has 1 aromatic carbocycles. The van der Waals surface area contributed by atoms with Crippen LogP contribution < -0.4 is 5.73 Å². The molecule has 1 saturated heterocycles. The molecule has 32 heavy (non-hydrogen) atoms. The fourth-order valence-corrected chi connectivity index (χ4v) is 3.52. The van der Waals surface area contributed by atoms with Crippen LogP contribution >= 0.6 is 0 Å². The molecule has 3 aromatic rings.